The van der Waals surface area contributed by atoms with Crippen LogP contribution >= 0.6 is 0 Å². The molecular formula is C8H14O7. The van der Waals surface area contributed by atoms with E-state index in [2.05, 4.69) is 14.2 Å². The van der Waals surface area contributed by atoms with Crippen molar-refractivity contribution in [3.63, 3.8) is 0 Å². The highest BCUT2D eigenvalue weighted by atomic mass is 16.7. The molecule has 0 fully saturated rings. The van der Waals surface area contributed by atoms with Crippen molar-refractivity contribution in [2.75, 3.05) is 27.9 Å². The number of ether oxygens (including phenoxy) is 4. The van der Waals surface area contributed by atoms with Crippen LogP contribution in [0.3, 0.4) is 0 Å². The molecule has 88 valence electrons. The summed E-state index contributed by atoms with van der Waals surface area (Å²) in [4.78, 5) is 21.6. The molecule has 0 rings (SSSR count). The summed E-state index contributed by atoms with van der Waals surface area (Å²) in [6, 6.07) is 0. The standard InChI is InChI=1S/C8H14O7/c1-12-5(9)4-15-8(14-3)6(10)7(11)13-2/h6,8,10H,4H2,1-3H3/t6-,8+/m1/s1. The highest BCUT2D eigenvalue weighted by molar-refractivity contribution is 5.75. The van der Waals surface area contributed by atoms with E-state index in [0.29, 0.717) is 0 Å². The van der Waals surface area contributed by atoms with Gasteiger partial charge in [-0.05, 0) is 0 Å². The molecule has 2 atom stereocenters. The topological polar surface area (TPSA) is 91.3 Å². The molecule has 0 saturated carbocycles. The second-order valence-corrected chi connectivity index (χ2v) is 2.46. The first-order valence-electron chi connectivity index (χ1n) is 4.04. The van der Waals surface area contributed by atoms with Crippen LogP contribution in [-0.4, -0.2) is 57.4 Å². The van der Waals surface area contributed by atoms with E-state index in [-0.39, 0.29) is 0 Å². The van der Waals surface area contributed by atoms with Crippen molar-refractivity contribution in [1.82, 2.24) is 0 Å². The van der Waals surface area contributed by atoms with E-state index >= 15 is 0 Å². The summed E-state index contributed by atoms with van der Waals surface area (Å²) in [5, 5.41) is 9.29. The number of hydrogen-bond donors (Lipinski definition) is 1. The van der Waals surface area contributed by atoms with Gasteiger partial charge >= 0.3 is 11.9 Å². The highest BCUT2D eigenvalue weighted by Crippen LogP contribution is 2.02. The predicted octanol–water partition coefficient (Wildman–Crippen LogP) is -1.32. The van der Waals surface area contributed by atoms with Gasteiger partial charge in [0.15, 0.2) is 6.29 Å². The molecule has 0 aliphatic carbocycles. The smallest absolute Gasteiger partial charge is 0.340 e. The number of methoxy groups -OCH3 is 3. The largest absolute Gasteiger partial charge is 0.467 e. The van der Waals surface area contributed by atoms with Crippen LogP contribution in [0.25, 0.3) is 0 Å². The Labute approximate surface area is 86.9 Å². The van der Waals surface area contributed by atoms with Crippen molar-refractivity contribution in [1.29, 1.82) is 0 Å². The molecule has 0 aromatic heterocycles. The summed E-state index contributed by atoms with van der Waals surface area (Å²) in [6.07, 6.45) is -2.87. The highest BCUT2D eigenvalue weighted by Gasteiger charge is 2.28. The summed E-state index contributed by atoms with van der Waals surface area (Å²) in [6.45, 7) is -0.428. The Balaban J connectivity index is 4.12. The fourth-order valence-corrected chi connectivity index (χ4v) is 0.729. The number of hydrogen-bond acceptors (Lipinski definition) is 7. The van der Waals surface area contributed by atoms with Gasteiger partial charge in [0.05, 0.1) is 14.2 Å². The Morgan fingerprint density at radius 1 is 1.20 bits per heavy atom. The molecule has 0 radical (unpaired) electrons. The minimum Gasteiger partial charge on any atom is -0.467 e. The van der Waals surface area contributed by atoms with Gasteiger partial charge in [-0.15, -0.1) is 0 Å². The fourth-order valence-electron chi connectivity index (χ4n) is 0.729. The molecule has 15 heavy (non-hydrogen) atoms. The van der Waals surface area contributed by atoms with Crippen LogP contribution in [0.4, 0.5) is 0 Å². The van der Waals surface area contributed by atoms with E-state index in [1.165, 1.54) is 14.2 Å². The zero-order chi connectivity index (χ0) is 11.8. The lowest BCUT2D eigenvalue weighted by Crippen LogP contribution is -2.39. The van der Waals surface area contributed by atoms with Crippen molar-refractivity contribution < 1.29 is 33.6 Å². The second-order valence-electron chi connectivity index (χ2n) is 2.46. The van der Waals surface area contributed by atoms with Gasteiger partial charge < -0.3 is 24.1 Å². The molecule has 0 aliphatic heterocycles. The van der Waals surface area contributed by atoms with E-state index in [1.807, 2.05) is 0 Å². The third kappa shape index (κ3) is 4.73. The molecule has 0 bridgehead atoms. The minimum atomic E-state index is -1.61. The number of carbonyl (C=O) groups excluding carboxylic acids is 2. The first kappa shape index (κ1) is 13.8. The number of rotatable bonds is 6. The maximum absolute atomic E-state index is 10.9. The molecule has 0 saturated heterocycles. The fraction of sp³-hybridized carbons (Fsp3) is 0.750. The van der Waals surface area contributed by atoms with E-state index < -0.39 is 30.9 Å². The van der Waals surface area contributed by atoms with Crippen LogP contribution in [-0.2, 0) is 28.5 Å². The van der Waals surface area contributed by atoms with E-state index in [1.54, 1.807) is 0 Å². The Bertz CT molecular complexity index is 215. The monoisotopic (exact) mass is 222 g/mol. The molecule has 0 unspecified atom stereocenters. The van der Waals surface area contributed by atoms with Gasteiger partial charge in [0.25, 0.3) is 0 Å². The van der Waals surface area contributed by atoms with Crippen molar-refractivity contribution in [3.8, 4) is 0 Å². The Morgan fingerprint density at radius 2 is 1.80 bits per heavy atom. The maximum Gasteiger partial charge on any atom is 0.340 e. The lowest BCUT2D eigenvalue weighted by atomic mass is 10.3. The number of esters is 2. The molecule has 7 heteroatoms. The van der Waals surface area contributed by atoms with Gasteiger partial charge in [-0.25, -0.2) is 9.59 Å². The molecule has 0 heterocycles. The number of aliphatic hydroxyl groups excluding tert-OH is 1. The predicted molar refractivity (Wildman–Crippen MR) is 46.8 cm³/mol. The SMILES string of the molecule is COC(=O)CO[C@H](OC)[C@H](O)C(=O)OC. The molecule has 0 aromatic carbocycles. The van der Waals surface area contributed by atoms with Crippen molar-refractivity contribution in [2.45, 2.75) is 12.4 Å². The van der Waals surface area contributed by atoms with Crippen molar-refractivity contribution in [3.05, 3.63) is 0 Å². The first-order valence-corrected chi connectivity index (χ1v) is 4.04. The Kier molecular flexibility index (Phi) is 6.59. The normalized spacial score (nSPS) is 14.1. The molecule has 0 aromatic rings. The van der Waals surface area contributed by atoms with Gasteiger partial charge in [-0.1, -0.05) is 0 Å². The van der Waals surface area contributed by atoms with Crippen molar-refractivity contribution >= 4 is 11.9 Å². The number of carbonyl (C=O) groups is 2. The Morgan fingerprint density at radius 3 is 2.20 bits per heavy atom. The second kappa shape index (κ2) is 7.16. The molecule has 1 N–H and O–H groups in total. The average molecular weight is 222 g/mol. The third-order valence-electron chi connectivity index (χ3n) is 1.53. The first-order chi connectivity index (χ1) is 7.06. The summed E-state index contributed by atoms with van der Waals surface area (Å²) >= 11 is 0. The lowest BCUT2D eigenvalue weighted by Gasteiger charge is -2.19. The summed E-state index contributed by atoms with van der Waals surface area (Å²) < 4.78 is 18.0. The van der Waals surface area contributed by atoms with Crippen LogP contribution < -0.4 is 0 Å². The zero-order valence-corrected chi connectivity index (χ0v) is 8.76. The zero-order valence-electron chi connectivity index (χ0n) is 8.76. The third-order valence-corrected chi connectivity index (χ3v) is 1.53. The van der Waals surface area contributed by atoms with Gasteiger partial charge in [0.2, 0.25) is 6.10 Å². The lowest BCUT2D eigenvalue weighted by molar-refractivity contribution is -0.203. The Hall–Kier alpha value is -1.18. The molecule has 7 nitrogen and oxygen atoms in total. The van der Waals surface area contributed by atoms with E-state index in [9.17, 15) is 14.7 Å². The maximum atomic E-state index is 10.9. The van der Waals surface area contributed by atoms with Crippen LogP contribution in [0.15, 0.2) is 0 Å². The van der Waals surface area contributed by atoms with Gasteiger partial charge in [-0.2, -0.15) is 0 Å². The van der Waals surface area contributed by atoms with E-state index in [4.69, 9.17) is 4.74 Å². The van der Waals surface area contributed by atoms with Crippen molar-refractivity contribution in [2.24, 2.45) is 0 Å². The quantitative estimate of drug-likeness (QED) is 0.440. The average Bonchev–Trinajstić information content (AvgIpc) is 2.27. The van der Waals surface area contributed by atoms with Gasteiger partial charge in [0, 0.05) is 7.11 Å². The van der Waals surface area contributed by atoms with Gasteiger partial charge in [-0.3, -0.25) is 0 Å². The van der Waals surface area contributed by atoms with Crippen LogP contribution in [0.1, 0.15) is 0 Å². The number of aliphatic hydroxyl groups is 1. The molecule has 0 aliphatic rings. The van der Waals surface area contributed by atoms with Gasteiger partial charge in [0.1, 0.15) is 6.61 Å². The summed E-state index contributed by atoms with van der Waals surface area (Å²) in [5.74, 6) is -1.55. The minimum absolute atomic E-state index is 0.428. The summed E-state index contributed by atoms with van der Waals surface area (Å²) in [5.41, 5.74) is 0. The molecular weight excluding hydrogens is 208 g/mol. The molecule has 0 amide bonds. The van der Waals surface area contributed by atoms with Crippen LogP contribution in [0.5, 0.6) is 0 Å². The summed E-state index contributed by atoms with van der Waals surface area (Å²) in [7, 11) is 3.51. The van der Waals surface area contributed by atoms with Crippen LogP contribution in [0, 0.1) is 0 Å². The van der Waals surface area contributed by atoms with E-state index in [0.717, 1.165) is 7.11 Å². The molecule has 0 spiro atoms. The van der Waals surface area contributed by atoms with Crippen LogP contribution in [0.2, 0.25) is 0 Å².